The Kier molecular flexibility index (Phi) is 5.16. The number of hydrogen-bond donors (Lipinski definition) is 1. The van der Waals surface area contributed by atoms with Crippen molar-refractivity contribution in [1.82, 2.24) is 4.98 Å². The van der Waals surface area contributed by atoms with Crippen LogP contribution in [-0.2, 0) is 4.79 Å². The van der Waals surface area contributed by atoms with Crippen molar-refractivity contribution in [2.45, 2.75) is 13.0 Å². The van der Waals surface area contributed by atoms with Crippen LogP contribution >= 0.6 is 0 Å². The highest BCUT2D eigenvalue weighted by Gasteiger charge is 2.16. The average molecular weight is 388 g/mol. The van der Waals surface area contributed by atoms with E-state index in [4.69, 9.17) is 13.9 Å². The second kappa shape index (κ2) is 8.06. The van der Waals surface area contributed by atoms with Crippen molar-refractivity contribution in [2.24, 2.45) is 0 Å². The van der Waals surface area contributed by atoms with Gasteiger partial charge in [-0.25, -0.2) is 4.98 Å². The molecule has 1 unspecified atom stereocenters. The number of oxazole rings is 1. The van der Waals surface area contributed by atoms with E-state index in [0.29, 0.717) is 17.3 Å². The van der Waals surface area contributed by atoms with Gasteiger partial charge in [0.1, 0.15) is 17.0 Å². The van der Waals surface area contributed by atoms with Gasteiger partial charge in [-0.3, -0.25) is 4.79 Å². The Morgan fingerprint density at radius 2 is 1.76 bits per heavy atom. The minimum Gasteiger partial charge on any atom is -0.497 e. The number of carbonyl (C=O) groups excluding carboxylic acids is 1. The van der Waals surface area contributed by atoms with Gasteiger partial charge in [-0.2, -0.15) is 0 Å². The van der Waals surface area contributed by atoms with Gasteiger partial charge in [0, 0.05) is 11.3 Å². The lowest BCUT2D eigenvalue weighted by Gasteiger charge is -2.15. The number of rotatable bonds is 6. The maximum absolute atomic E-state index is 12.5. The second-order valence-electron chi connectivity index (χ2n) is 6.49. The summed E-state index contributed by atoms with van der Waals surface area (Å²) in [6, 6.07) is 22.0. The third-order valence-corrected chi connectivity index (χ3v) is 4.41. The molecule has 0 saturated carbocycles. The minimum absolute atomic E-state index is 0.254. The van der Waals surface area contributed by atoms with Gasteiger partial charge < -0.3 is 19.2 Å². The molecule has 1 atom stereocenters. The fraction of sp³-hybridized carbons (Fsp3) is 0.130. The SMILES string of the molecule is COc1ccc(OC(C)C(=O)Nc2cccc(-c3nc4ccccc4o3)c2)cc1. The number of amides is 1. The van der Waals surface area contributed by atoms with Crippen molar-refractivity contribution >= 4 is 22.7 Å². The van der Waals surface area contributed by atoms with E-state index < -0.39 is 6.10 Å². The van der Waals surface area contributed by atoms with Gasteiger partial charge in [-0.15, -0.1) is 0 Å². The lowest BCUT2D eigenvalue weighted by Crippen LogP contribution is -2.30. The third-order valence-electron chi connectivity index (χ3n) is 4.41. The summed E-state index contributed by atoms with van der Waals surface area (Å²) in [5.41, 5.74) is 2.93. The zero-order valence-electron chi connectivity index (χ0n) is 16.1. The first-order valence-corrected chi connectivity index (χ1v) is 9.20. The molecule has 6 heteroatoms. The Labute approximate surface area is 168 Å². The fourth-order valence-electron chi connectivity index (χ4n) is 2.88. The molecule has 1 heterocycles. The van der Waals surface area contributed by atoms with Crippen LogP contribution in [0.15, 0.2) is 77.2 Å². The van der Waals surface area contributed by atoms with Crippen LogP contribution in [0.4, 0.5) is 5.69 Å². The quantitative estimate of drug-likeness (QED) is 0.508. The zero-order valence-corrected chi connectivity index (χ0v) is 16.1. The lowest BCUT2D eigenvalue weighted by atomic mass is 10.2. The van der Waals surface area contributed by atoms with Crippen molar-refractivity contribution in [3.05, 3.63) is 72.8 Å². The molecule has 0 spiro atoms. The van der Waals surface area contributed by atoms with Crippen LogP contribution < -0.4 is 14.8 Å². The molecule has 0 aliphatic carbocycles. The van der Waals surface area contributed by atoms with Crippen molar-refractivity contribution in [3.63, 3.8) is 0 Å². The average Bonchev–Trinajstić information content (AvgIpc) is 3.19. The molecule has 1 amide bonds. The van der Waals surface area contributed by atoms with E-state index >= 15 is 0 Å². The third kappa shape index (κ3) is 4.21. The second-order valence-corrected chi connectivity index (χ2v) is 6.49. The molecule has 1 N–H and O–H groups in total. The van der Waals surface area contributed by atoms with E-state index in [0.717, 1.165) is 22.4 Å². The van der Waals surface area contributed by atoms with E-state index in [1.54, 1.807) is 38.3 Å². The molecule has 0 bridgehead atoms. The predicted molar refractivity (Wildman–Crippen MR) is 111 cm³/mol. The zero-order chi connectivity index (χ0) is 20.2. The van der Waals surface area contributed by atoms with Crippen molar-refractivity contribution in [1.29, 1.82) is 0 Å². The highest BCUT2D eigenvalue weighted by atomic mass is 16.5. The molecule has 1 aromatic heterocycles. The van der Waals surface area contributed by atoms with E-state index in [1.165, 1.54) is 0 Å². The Hall–Kier alpha value is -3.80. The van der Waals surface area contributed by atoms with Crippen molar-refractivity contribution in [3.8, 4) is 23.0 Å². The Balaban J connectivity index is 1.45. The molecule has 146 valence electrons. The van der Waals surface area contributed by atoms with E-state index in [9.17, 15) is 4.79 Å². The molecule has 6 nitrogen and oxygen atoms in total. The Bertz CT molecular complexity index is 1100. The number of methoxy groups -OCH3 is 1. The normalized spacial score (nSPS) is 11.8. The van der Waals surface area contributed by atoms with Crippen molar-refractivity contribution < 1.29 is 18.7 Å². The monoisotopic (exact) mass is 388 g/mol. The summed E-state index contributed by atoms with van der Waals surface area (Å²) < 4.78 is 16.6. The van der Waals surface area contributed by atoms with E-state index in [-0.39, 0.29) is 5.91 Å². The molecule has 4 aromatic rings. The molecule has 0 radical (unpaired) electrons. The highest BCUT2D eigenvalue weighted by molar-refractivity contribution is 5.94. The van der Waals surface area contributed by atoms with Gasteiger partial charge in [-0.1, -0.05) is 18.2 Å². The number of aromatic nitrogens is 1. The maximum Gasteiger partial charge on any atom is 0.265 e. The van der Waals surface area contributed by atoms with Crippen molar-refractivity contribution in [2.75, 3.05) is 12.4 Å². The molecule has 29 heavy (non-hydrogen) atoms. The predicted octanol–water partition coefficient (Wildman–Crippen LogP) is 4.91. The van der Waals surface area contributed by atoms with Crippen LogP contribution in [0, 0.1) is 0 Å². The first kappa shape index (κ1) is 18.6. The number of ether oxygens (including phenoxy) is 2. The van der Waals surface area contributed by atoms with E-state index in [1.807, 2.05) is 48.5 Å². The fourth-order valence-corrected chi connectivity index (χ4v) is 2.88. The standard InChI is InChI=1S/C23H20N2O4/c1-15(28-19-12-10-18(27-2)11-13-19)22(26)24-17-7-5-6-16(14-17)23-25-20-8-3-4-9-21(20)29-23/h3-15H,1-2H3,(H,24,26). The molecule has 0 fully saturated rings. The summed E-state index contributed by atoms with van der Waals surface area (Å²) in [6.45, 7) is 1.70. The summed E-state index contributed by atoms with van der Waals surface area (Å²) in [4.78, 5) is 17.0. The van der Waals surface area contributed by atoms with Gasteiger partial charge in [0.15, 0.2) is 11.7 Å². The summed E-state index contributed by atoms with van der Waals surface area (Å²) in [7, 11) is 1.60. The van der Waals surface area contributed by atoms with Gasteiger partial charge in [0.05, 0.1) is 7.11 Å². The first-order chi connectivity index (χ1) is 14.1. The van der Waals surface area contributed by atoms with Crippen LogP contribution in [0.5, 0.6) is 11.5 Å². The molecule has 4 rings (SSSR count). The smallest absolute Gasteiger partial charge is 0.265 e. The summed E-state index contributed by atoms with van der Waals surface area (Å²) in [6.07, 6.45) is -0.670. The molecular weight excluding hydrogens is 368 g/mol. The summed E-state index contributed by atoms with van der Waals surface area (Å²) in [5.74, 6) is 1.57. The summed E-state index contributed by atoms with van der Waals surface area (Å²) >= 11 is 0. The number of anilines is 1. The number of para-hydroxylation sites is 2. The van der Waals surface area contributed by atoms with Gasteiger partial charge >= 0.3 is 0 Å². The number of nitrogens with zero attached hydrogens (tertiary/aromatic N) is 1. The summed E-state index contributed by atoms with van der Waals surface area (Å²) in [5, 5.41) is 2.87. The molecule has 0 saturated heterocycles. The Morgan fingerprint density at radius 1 is 1.00 bits per heavy atom. The molecule has 3 aromatic carbocycles. The van der Waals surface area contributed by atoms with Crippen LogP contribution in [0.2, 0.25) is 0 Å². The molecular formula is C23H20N2O4. The van der Waals surface area contributed by atoms with Gasteiger partial charge in [0.25, 0.3) is 5.91 Å². The number of carbonyl (C=O) groups is 1. The topological polar surface area (TPSA) is 73.6 Å². The van der Waals surface area contributed by atoms with Gasteiger partial charge in [-0.05, 0) is 61.5 Å². The number of fused-ring (bicyclic) bond motifs is 1. The first-order valence-electron chi connectivity index (χ1n) is 9.20. The highest BCUT2D eigenvalue weighted by Crippen LogP contribution is 2.26. The maximum atomic E-state index is 12.5. The number of hydrogen-bond acceptors (Lipinski definition) is 5. The van der Waals surface area contributed by atoms with Crippen LogP contribution in [0.25, 0.3) is 22.6 Å². The van der Waals surface area contributed by atoms with E-state index in [2.05, 4.69) is 10.3 Å². The van der Waals surface area contributed by atoms with Crippen LogP contribution in [-0.4, -0.2) is 24.1 Å². The molecule has 0 aliphatic heterocycles. The Morgan fingerprint density at radius 3 is 2.52 bits per heavy atom. The van der Waals surface area contributed by atoms with Crippen LogP contribution in [0.3, 0.4) is 0 Å². The minimum atomic E-state index is -0.670. The van der Waals surface area contributed by atoms with Gasteiger partial charge in [0.2, 0.25) is 5.89 Å². The number of nitrogens with one attached hydrogen (secondary N) is 1. The van der Waals surface area contributed by atoms with Crippen LogP contribution in [0.1, 0.15) is 6.92 Å². The molecule has 0 aliphatic rings. The lowest BCUT2D eigenvalue weighted by molar-refractivity contribution is -0.122. The number of benzene rings is 3. The largest absolute Gasteiger partial charge is 0.497 e.